The molecule has 2 rings (SSSR count). The number of nitrogens with zero attached hydrogens (tertiary/aromatic N) is 1. The number of nitrogens with two attached hydrogens (primary N) is 1. The molecule has 0 fully saturated rings. The highest BCUT2D eigenvalue weighted by Crippen LogP contribution is 2.18. The third kappa shape index (κ3) is 3.12. The van der Waals surface area contributed by atoms with Crippen LogP contribution in [0.25, 0.3) is 0 Å². The normalized spacial score (nSPS) is 10.5. The Labute approximate surface area is 116 Å². The Hall–Kier alpha value is -1.88. The molecule has 0 saturated carbocycles. The molecule has 0 spiro atoms. The highest BCUT2D eigenvalue weighted by Gasteiger charge is 2.11. The monoisotopic (exact) mass is 275 g/mol. The number of hydrogen-bond donors (Lipinski definition) is 2. The van der Waals surface area contributed by atoms with Gasteiger partial charge in [-0.2, -0.15) is 0 Å². The first kappa shape index (κ1) is 13.5. The summed E-state index contributed by atoms with van der Waals surface area (Å²) in [6, 6.07) is 3.66. The maximum atomic E-state index is 12.1. The van der Waals surface area contributed by atoms with Crippen LogP contribution in [0.3, 0.4) is 0 Å². The number of aromatic nitrogens is 1. The molecule has 1 amide bonds. The standard InChI is InChI=1S/C14H17N3OS/c1-8-4-9(2)13(15)5-12(8)14(18)16-6-11-7-19-10(3)17-11/h4-5,7H,6,15H2,1-3H3,(H,16,18). The summed E-state index contributed by atoms with van der Waals surface area (Å²) in [7, 11) is 0. The van der Waals surface area contributed by atoms with Gasteiger partial charge in [0.2, 0.25) is 0 Å². The average molecular weight is 275 g/mol. The Bertz CT molecular complexity index is 619. The number of amides is 1. The molecule has 19 heavy (non-hydrogen) atoms. The fourth-order valence-electron chi connectivity index (χ4n) is 1.87. The van der Waals surface area contributed by atoms with Gasteiger partial charge < -0.3 is 11.1 Å². The number of thiazole rings is 1. The van der Waals surface area contributed by atoms with Crippen molar-refractivity contribution in [2.45, 2.75) is 27.3 Å². The van der Waals surface area contributed by atoms with Crippen molar-refractivity contribution >= 4 is 22.9 Å². The van der Waals surface area contributed by atoms with Crippen LogP contribution in [-0.2, 0) is 6.54 Å². The fraction of sp³-hybridized carbons (Fsp3) is 0.286. The van der Waals surface area contributed by atoms with Crippen LogP contribution in [0.15, 0.2) is 17.5 Å². The molecular formula is C14H17N3OS. The zero-order chi connectivity index (χ0) is 14.0. The van der Waals surface area contributed by atoms with Crippen molar-refractivity contribution in [1.82, 2.24) is 10.3 Å². The zero-order valence-electron chi connectivity index (χ0n) is 11.3. The van der Waals surface area contributed by atoms with E-state index in [1.54, 1.807) is 17.4 Å². The molecule has 2 aromatic rings. The zero-order valence-corrected chi connectivity index (χ0v) is 12.1. The van der Waals surface area contributed by atoms with Gasteiger partial charge in [-0.1, -0.05) is 6.07 Å². The van der Waals surface area contributed by atoms with Crippen LogP contribution in [0.1, 0.15) is 32.2 Å². The minimum Gasteiger partial charge on any atom is -0.398 e. The average Bonchev–Trinajstić information content (AvgIpc) is 2.77. The van der Waals surface area contributed by atoms with E-state index in [1.165, 1.54) is 0 Å². The summed E-state index contributed by atoms with van der Waals surface area (Å²) in [5, 5.41) is 5.82. The highest BCUT2D eigenvalue weighted by molar-refractivity contribution is 7.09. The SMILES string of the molecule is Cc1nc(CNC(=O)c2cc(N)c(C)cc2C)cs1. The first-order chi connectivity index (χ1) is 8.97. The van der Waals surface area contributed by atoms with Crippen molar-refractivity contribution in [2.75, 3.05) is 5.73 Å². The lowest BCUT2D eigenvalue weighted by Crippen LogP contribution is -2.24. The quantitative estimate of drug-likeness (QED) is 0.846. The minimum absolute atomic E-state index is 0.116. The third-order valence-electron chi connectivity index (χ3n) is 2.95. The molecule has 0 aliphatic rings. The Morgan fingerprint density at radius 1 is 1.32 bits per heavy atom. The predicted octanol–water partition coefficient (Wildman–Crippen LogP) is 2.58. The number of benzene rings is 1. The van der Waals surface area contributed by atoms with Gasteiger partial charge in [-0.05, 0) is 38.0 Å². The van der Waals surface area contributed by atoms with E-state index in [4.69, 9.17) is 5.73 Å². The number of hydrogen-bond acceptors (Lipinski definition) is 4. The van der Waals surface area contributed by atoms with E-state index in [9.17, 15) is 4.79 Å². The molecule has 100 valence electrons. The van der Waals surface area contributed by atoms with Gasteiger partial charge in [0, 0.05) is 16.6 Å². The molecule has 0 aliphatic carbocycles. The highest BCUT2D eigenvalue weighted by atomic mass is 32.1. The van der Waals surface area contributed by atoms with Gasteiger partial charge in [0.1, 0.15) is 0 Å². The van der Waals surface area contributed by atoms with Crippen LogP contribution < -0.4 is 11.1 Å². The minimum atomic E-state index is -0.116. The lowest BCUT2D eigenvalue weighted by molar-refractivity contribution is 0.0950. The van der Waals surface area contributed by atoms with E-state index in [-0.39, 0.29) is 5.91 Å². The summed E-state index contributed by atoms with van der Waals surface area (Å²) in [5.74, 6) is -0.116. The molecule has 3 N–H and O–H groups in total. The molecule has 5 heteroatoms. The van der Waals surface area contributed by atoms with Gasteiger partial charge >= 0.3 is 0 Å². The Balaban J connectivity index is 2.10. The first-order valence-corrected chi connectivity index (χ1v) is 6.91. The van der Waals surface area contributed by atoms with Crippen molar-refractivity contribution in [1.29, 1.82) is 0 Å². The van der Waals surface area contributed by atoms with E-state index >= 15 is 0 Å². The van der Waals surface area contributed by atoms with Gasteiger partial charge in [0.05, 0.1) is 17.2 Å². The van der Waals surface area contributed by atoms with Crippen molar-refractivity contribution in [3.05, 3.63) is 44.9 Å². The van der Waals surface area contributed by atoms with Crippen molar-refractivity contribution in [2.24, 2.45) is 0 Å². The maximum absolute atomic E-state index is 12.1. The summed E-state index contributed by atoms with van der Waals surface area (Å²) < 4.78 is 0. The van der Waals surface area contributed by atoms with E-state index in [0.29, 0.717) is 17.8 Å². The van der Waals surface area contributed by atoms with Crippen LogP contribution in [0.2, 0.25) is 0 Å². The summed E-state index contributed by atoms with van der Waals surface area (Å²) in [6.45, 7) is 6.23. The smallest absolute Gasteiger partial charge is 0.251 e. The van der Waals surface area contributed by atoms with Crippen LogP contribution in [0.4, 0.5) is 5.69 Å². The first-order valence-electron chi connectivity index (χ1n) is 6.03. The molecule has 0 unspecified atom stereocenters. The summed E-state index contributed by atoms with van der Waals surface area (Å²) in [5.41, 5.74) is 9.91. The molecule has 0 atom stereocenters. The number of anilines is 1. The predicted molar refractivity (Wildman–Crippen MR) is 78.3 cm³/mol. The van der Waals surface area contributed by atoms with Gasteiger partial charge in [0.15, 0.2) is 0 Å². The van der Waals surface area contributed by atoms with Crippen molar-refractivity contribution in [3.63, 3.8) is 0 Å². The summed E-state index contributed by atoms with van der Waals surface area (Å²) in [4.78, 5) is 16.4. The molecule has 0 radical (unpaired) electrons. The Kier molecular flexibility index (Phi) is 3.85. The molecule has 1 aromatic carbocycles. The van der Waals surface area contributed by atoms with Crippen LogP contribution >= 0.6 is 11.3 Å². The lowest BCUT2D eigenvalue weighted by Gasteiger charge is -2.09. The topological polar surface area (TPSA) is 68.0 Å². The molecule has 0 aliphatic heterocycles. The Morgan fingerprint density at radius 3 is 2.68 bits per heavy atom. The summed E-state index contributed by atoms with van der Waals surface area (Å²) >= 11 is 1.58. The van der Waals surface area contributed by atoms with Crippen molar-refractivity contribution < 1.29 is 4.79 Å². The van der Waals surface area contributed by atoms with Crippen LogP contribution in [-0.4, -0.2) is 10.9 Å². The number of nitrogen functional groups attached to an aromatic ring is 1. The number of rotatable bonds is 3. The largest absolute Gasteiger partial charge is 0.398 e. The van der Waals surface area contributed by atoms with E-state index in [2.05, 4.69) is 10.3 Å². The van der Waals surface area contributed by atoms with E-state index in [0.717, 1.165) is 21.8 Å². The second-order valence-corrected chi connectivity index (χ2v) is 5.63. The molecule has 0 bridgehead atoms. The third-order valence-corrected chi connectivity index (χ3v) is 3.78. The van der Waals surface area contributed by atoms with Gasteiger partial charge in [-0.15, -0.1) is 11.3 Å². The fourth-order valence-corrected chi connectivity index (χ4v) is 2.48. The summed E-state index contributed by atoms with van der Waals surface area (Å²) in [6.07, 6.45) is 0. The van der Waals surface area contributed by atoms with E-state index in [1.807, 2.05) is 32.2 Å². The van der Waals surface area contributed by atoms with Gasteiger partial charge in [-0.3, -0.25) is 4.79 Å². The maximum Gasteiger partial charge on any atom is 0.251 e. The second kappa shape index (κ2) is 5.40. The van der Waals surface area contributed by atoms with Crippen molar-refractivity contribution in [3.8, 4) is 0 Å². The number of nitrogens with one attached hydrogen (secondary N) is 1. The number of aryl methyl sites for hydroxylation is 3. The number of carbonyl (C=O) groups excluding carboxylic acids is 1. The molecule has 1 aromatic heterocycles. The van der Waals surface area contributed by atoms with Gasteiger partial charge in [-0.25, -0.2) is 4.98 Å². The molecule has 0 saturated heterocycles. The van der Waals surface area contributed by atoms with Crippen LogP contribution in [0.5, 0.6) is 0 Å². The Morgan fingerprint density at radius 2 is 2.05 bits per heavy atom. The molecule has 4 nitrogen and oxygen atoms in total. The van der Waals surface area contributed by atoms with Gasteiger partial charge in [0.25, 0.3) is 5.91 Å². The number of carbonyl (C=O) groups is 1. The molecular weight excluding hydrogens is 258 g/mol. The second-order valence-electron chi connectivity index (χ2n) is 4.56. The van der Waals surface area contributed by atoms with Crippen LogP contribution in [0, 0.1) is 20.8 Å². The van der Waals surface area contributed by atoms with E-state index < -0.39 is 0 Å². The molecule has 1 heterocycles. The lowest BCUT2D eigenvalue weighted by atomic mass is 10.0.